The molecular weight excluding hydrogens is 210 g/mol. The zero-order valence-corrected chi connectivity index (χ0v) is 10.1. The summed E-state index contributed by atoms with van der Waals surface area (Å²) in [6.45, 7) is 3.00. The van der Waals surface area contributed by atoms with Gasteiger partial charge in [-0.15, -0.1) is 10.9 Å². The summed E-state index contributed by atoms with van der Waals surface area (Å²) >= 11 is 0. The minimum absolute atomic E-state index is 0.257. The van der Waals surface area contributed by atoms with Crippen LogP contribution in [0.4, 0.5) is 4.79 Å². The van der Waals surface area contributed by atoms with Crippen LogP contribution in [0.2, 0.25) is 0 Å². The second-order valence-corrected chi connectivity index (χ2v) is 4.29. The zero-order valence-electron chi connectivity index (χ0n) is 9.28. The average Bonchev–Trinajstić information content (AvgIpc) is 2.14. The second kappa shape index (κ2) is 6.67. The van der Waals surface area contributed by atoms with E-state index in [2.05, 4.69) is 5.87 Å². The molecule has 1 saturated carbocycles. The number of rotatable bonds is 5. The highest BCUT2D eigenvalue weighted by molar-refractivity contribution is 7.94. The quantitative estimate of drug-likeness (QED) is 0.678. The number of carbonyl (C=O) groups excluding carboxylic acids is 1. The molecule has 1 amide bonds. The first-order chi connectivity index (χ1) is 7.27. The molecule has 0 atom stereocenters. The topological polar surface area (TPSA) is 29.5 Å². The van der Waals surface area contributed by atoms with E-state index in [0.29, 0.717) is 6.61 Å². The summed E-state index contributed by atoms with van der Waals surface area (Å²) in [5.41, 5.74) is 1.73. The molecule has 1 aliphatic rings. The molecular formula is C11H19NO2S. The molecule has 1 fully saturated rings. The zero-order chi connectivity index (χ0) is 11.1. The Morgan fingerprint density at radius 2 is 2.40 bits per heavy atom. The minimum atomic E-state index is -0.257. The summed E-state index contributed by atoms with van der Waals surface area (Å²) in [7, 11) is 1.29. The lowest BCUT2D eigenvalue weighted by molar-refractivity contribution is 0.126. The fourth-order valence-electron chi connectivity index (χ4n) is 1.59. The Labute approximate surface area is 94.9 Å². The van der Waals surface area contributed by atoms with E-state index in [1.807, 2.05) is 6.92 Å². The number of hydrogen-bond acceptors (Lipinski definition) is 2. The van der Waals surface area contributed by atoms with Gasteiger partial charge in [0.15, 0.2) is 0 Å². The van der Waals surface area contributed by atoms with Crippen LogP contribution in [-0.4, -0.2) is 35.5 Å². The van der Waals surface area contributed by atoms with Gasteiger partial charge in [-0.1, -0.05) is 19.3 Å². The molecule has 0 radical (unpaired) electrons. The molecule has 15 heavy (non-hydrogen) atoms. The first-order valence-corrected chi connectivity index (χ1v) is 6.50. The standard InChI is InChI=1S/C11H19NO2S/c1-3-14-11(13)12(9-15-2)8-7-10-5-4-6-10/h9-10H,2-8H2,1H3. The highest BCUT2D eigenvalue weighted by Gasteiger charge is 2.19. The lowest BCUT2D eigenvalue weighted by atomic mass is 9.83. The highest BCUT2D eigenvalue weighted by Crippen LogP contribution is 2.29. The van der Waals surface area contributed by atoms with Gasteiger partial charge in [0.2, 0.25) is 0 Å². The third-order valence-corrected chi connectivity index (χ3v) is 3.11. The maximum absolute atomic E-state index is 11.5. The molecule has 0 unspecified atom stereocenters. The van der Waals surface area contributed by atoms with Crippen LogP contribution in [-0.2, 0) is 4.74 Å². The van der Waals surface area contributed by atoms with E-state index in [1.54, 1.807) is 10.4 Å². The maximum Gasteiger partial charge on any atom is 0.414 e. The third-order valence-electron chi connectivity index (χ3n) is 2.71. The monoisotopic (exact) mass is 229 g/mol. The lowest BCUT2D eigenvalue weighted by Gasteiger charge is -2.27. The van der Waals surface area contributed by atoms with Crippen molar-refractivity contribution in [2.45, 2.75) is 32.6 Å². The van der Waals surface area contributed by atoms with Gasteiger partial charge in [0.25, 0.3) is 0 Å². The number of nitrogens with zero attached hydrogens (tertiary/aromatic N) is 1. The number of ether oxygens (including phenoxy) is 1. The Kier molecular flexibility index (Phi) is 5.47. The Hall–Kier alpha value is -0.770. The summed E-state index contributed by atoms with van der Waals surface area (Å²) in [6, 6.07) is 0. The van der Waals surface area contributed by atoms with Crippen molar-refractivity contribution in [2.75, 3.05) is 13.2 Å². The van der Waals surface area contributed by atoms with E-state index in [-0.39, 0.29) is 6.09 Å². The van der Waals surface area contributed by atoms with Crippen LogP contribution in [0.3, 0.4) is 0 Å². The Morgan fingerprint density at radius 1 is 1.67 bits per heavy atom. The molecule has 0 aromatic rings. The van der Waals surface area contributed by atoms with Gasteiger partial charge in [-0.2, -0.15) is 0 Å². The van der Waals surface area contributed by atoms with Crippen molar-refractivity contribution in [1.82, 2.24) is 4.90 Å². The summed E-state index contributed by atoms with van der Waals surface area (Å²) in [4.78, 5) is 13.1. The van der Waals surface area contributed by atoms with Gasteiger partial charge in [-0.3, -0.25) is 4.90 Å². The molecule has 0 saturated heterocycles. The van der Waals surface area contributed by atoms with Gasteiger partial charge < -0.3 is 4.74 Å². The first-order valence-electron chi connectivity index (χ1n) is 5.45. The van der Waals surface area contributed by atoms with Gasteiger partial charge in [-0.05, 0) is 25.1 Å². The van der Waals surface area contributed by atoms with E-state index in [1.165, 1.54) is 30.2 Å². The molecule has 1 rings (SSSR count). The molecule has 4 heteroatoms. The van der Waals surface area contributed by atoms with Crippen molar-refractivity contribution >= 4 is 28.4 Å². The Morgan fingerprint density at radius 3 is 2.87 bits per heavy atom. The van der Waals surface area contributed by atoms with Crippen LogP contribution in [0.25, 0.3) is 0 Å². The third kappa shape index (κ3) is 4.08. The normalized spacial score (nSPS) is 15.3. The predicted molar refractivity (Wildman–Crippen MR) is 66.5 cm³/mol. The van der Waals surface area contributed by atoms with Gasteiger partial charge >= 0.3 is 6.09 Å². The SMILES string of the molecule is C=S=CN(CCC1CCC1)C(=O)OCC. The summed E-state index contributed by atoms with van der Waals surface area (Å²) < 4.78 is 4.96. The van der Waals surface area contributed by atoms with Crippen LogP contribution in [0.5, 0.6) is 0 Å². The average molecular weight is 229 g/mol. The first kappa shape index (κ1) is 12.3. The second-order valence-electron chi connectivity index (χ2n) is 3.75. The largest absolute Gasteiger partial charge is 0.449 e. The van der Waals surface area contributed by atoms with Crippen molar-refractivity contribution in [3.63, 3.8) is 0 Å². The van der Waals surface area contributed by atoms with Gasteiger partial charge in [0.05, 0.1) is 12.1 Å². The molecule has 0 spiro atoms. The summed E-state index contributed by atoms with van der Waals surface area (Å²) in [5, 5.41) is 0. The summed E-state index contributed by atoms with van der Waals surface area (Å²) in [5.74, 6) is 4.45. The van der Waals surface area contributed by atoms with E-state index in [0.717, 1.165) is 18.9 Å². The van der Waals surface area contributed by atoms with Crippen molar-refractivity contribution in [3.05, 3.63) is 0 Å². The Bertz CT molecular complexity index is 257. The molecule has 0 heterocycles. The van der Waals surface area contributed by atoms with Gasteiger partial charge in [-0.25, -0.2) is 4.79 Å². The smallest absolute Gasteiger partial charge is 0.414 e. The molecule has 3 nitrogen and oxygen atoms in total. The molecule has 1 aliphatic carbocycles. The number of carbonyl (C=O) groups is 1. The highest BCUT2D eigenvalue weighted by atomic mass is 32.1. The molecule has 0 aliphatic heterocycles. The van der Waals surface area contributed by atoms with Crippen LogP contribution in [0.15, 0.2) is 0 Å². The van der Waals surface area contributed by atoms with Crippen molar-refractivity contribution in [2.24, 2.45) is 5.92 Å². The fraction of sp³-hybridized carbons (Fsp3) is 0.727. The maximum atomic E-state index is 11.5. The van der Waals surface area contributed by atoms with Crippen LogP contribution < -0.4 is 0 Å². The molecule has 86 valence electrons. The fourth-order valence-corrected chi connectivity index (χ4v) is 1.96. The molecule has 0 aromatic heterocycles. The van der Waals surface area contributed by atoms with Gasteiger partial charge in [0.1, 0.15) is 0 Å². The molecule has 0 aromatic carbocycles. The predicted octanol–water partition coefficient (Wildman–Crippen LogP) is 2.56. The van der Waals surface area contributed by atoms with Crippen LogP contribution >= 0.6 is 10.9 Å². The summed E-state index contributed by atoms with van der Waals surface area (Å²) in [6.07, 6.45) is 4.80. The van der Waals surface area contributed by atoms with Crippen LogP contribution in [0, 0.1) is 5.92 Å². The van der Waals surface area contributed by atoms with E-state index < -0.39 is 0 Å². The van der Waals surface area contributed by atoms with E-state index in [4.69, 9.17) is 4.74 Å². The molecule has 0 bridgehead atoms. The van der Waals surface area contributed by atoms with E-state index >= 15 is 0 Å². The molecule has 0 N–H and O–H groups in total. The van der Waals surface area contributed by atoms with Crippen LogP contribution in [0.1, 0.15) is 32.6 Å². The lowest BCUT2D eigenvalue weighted by Crippen LogP contribution is -2.32. The van der Waals surface area contributed by atoms with Crippen molar-refractivity contribution < 1.29 is 9.53 Å². The van der Waals surface area contributed by atoms with E-state index in [9.17, 15) is 4.79 Å². The number of amides is 1. The Balaban J connectivity index is 2.34. The minimum Gasteiger partial charge on any atom is -0.449 e. The number of hydrogen-bond donors (Lipinski definition) is 0. The van der Waals surface area contributed by atoms with Crippen molar-refractivity contribution in [1.29, 1.82) is 0 Å². The van der Waals surface area contributed by atoms with Crippen molar-refractivity contribution in [3.8, 4) is 0 Å². The van der Waals surface area contributed by atoms with Gasteiger partial charge in [0, 0.05) is 6.54 Å².